The lowest BCUT2D eigenvalue weighted by Crippen LogP contribution is -2.44. The predicted octanol–water partition coefficient (Wildman–Crippen LogP) is 2.69. The van der Waals surface area contributed by atoms with Gasteiger partial charge in [-0.2, -0.15) is 0 Å². The number of aliphatic hydroxyl groups excluding tert-OH is 1. The quantitative estimate of drug-likeness (QED) is 0.879. The molecule has 3 unspecified atom stereocenters. The Morgan fingerprint density at radius 2 is 2.29 bits per heavy atom. The topological polar surface area (TPSA) is 58.6 Å². The van der Waals surface area contributed by atoms with Gasteiger partial charge in [-0.25, -0.2) is 0 Å². The van der Waals surface area contributed by atoms with Crippen molar-refractivity contribution in [3.05, 3.63) is 28.8 Å². The SMILES string of the molecule is Cc1cc(Cl)ccc1OC(C)C(=O)NC1CCCC1CO. The van der Waals surface area contributed by atoms with Crippen molar-refractivity contribution in [1.29, 1.82) is 0 Å². The average molecular weight is 312 g/mol. The van der Waals surface area contributed by atoms with Crippen LogP contribution in [0.2, 0.25) is 5.02 Å². The summed E-state index contributed by atoms with van der Waals surface area (Å²) in [6, 6.07) is 5.38. The van der Waals surface area contributed by atoms with Gasteiger partial charge in [0.1, 0.15) is 5.75 Å². The molecule has 1 aromatic rings. The van der Waals surface area contributed by atoms with E-state index in [0.717, 1.165) is 24.8 Å². The minimum atomic E-state index is -0.579. The molecule has 1 fully saturated rings. The number of aliphatic hydroxyl groups is 1. The summed E-state index contributed by atoms with van der Waals surface area (Å²) in [5.41, 5.74) is 0.899. The highest BCUT2D eigenvalue weighted by Crippen LogP contribution is 2.26. The molecule has 0 bridgehead atoms. The molecule has 2 rings (SSSR count). The number of hydrogen-bond donors (Lipinski definition) is 2. The third-order valence-corrected chi connectivity index (χ3v) is 4.27. The van der Waals surface area contributed by atoms with Gasteiger partial charge in [-0.1, -0.05) is 18.0 Å². The van der Waals surface area contributed by atoms with Crippen LogP contribution in [0.3, 0.4) is 0 Å². The van der Waals surface area contributed by atoms with Crippen LogP contribution in [-0.2, 0) is 4.79 Å². The third-order valence-electron chi connectivity index (χ3n) is 4.03. The van der Waals surface area contributed by atoms with Crippen molar-refractivity contribution < 1.29 is 14.6 Å². The van der Waals surface area contributed by atoms with Crippen molar-refractivity contribution in [3.63, 3.8) is 0 Å². The Morgan fingerprint density at radius 1 is 1.52 bits per heavy atom. The number of ether oxygens (including phenoxy) is 1. The molecule has 0 spiro atoms. The highest BCUT2D eigenvalue weighted by molar-refractivity contribution is 6.30. The molecule has 116 valence electrons. The molecule has 0 aromatic heterocycles. The number of halogens is 1. The van der Waals surface area contributed by atoms with Gasteiger partial charge in [0, 0.05) is 23.6 Å². The van der Waals surface area contributed by atoms with Crippen LogP contribution in [0.4, 0.5) is 0 Å². The minimum absolute atomic E-state index is 0.0554. The monoisotopic (exact) mass is 311 g/mol. The largest absolute Gasteiger partial charge is 0.481 e. The number of nitrogens with one attached hydrogen (secondary N) is 1. The molecule has 0 saturated heterocycles. The van der Waals surface area contributed by atoms with Crippen LogP contribution in [0.25, 0.3) is 0 Å². The summed E-state index contributed by atoms with van der Waals surface area (Å²) < 4.78 is 5.71. The third kappa shape index (κ3) is 4.11. The Kier molecular flexibility index (Phi) is 5.48. The summed E-state index contributed by atoms with van der Waals surface area (Å²) in [4.78, 5) is 12.2. The summed E-state index contributed by atoms with van der Waals surface area (Å²) in [6.07, 6.45) is 2.35. The van der Waals surface area contributed by atoms with Crippen LogP contribution in [-0.4, -0.2) is 29.8 Å². The molecule has 21 heavy (non-hydrogen) atoms. The van der Waals surface area contributed by atoms with Crippen molar-refractivity contribution in [2.24, 2.45) is 5.92 Å². The molecule has 1 saturated carbocycles. The van der Waals surface area contributed by atoms with Crippen LogP contribution in [0, 0.1) is 12.8 Å². The van der Waals surface area contributed by atoms with Gasteiger partial charge in [0.15, 0.2) is 6.10 Å². The van der Waals surface area contributed by atoms with E-state index in [0.29, 0.717) is 10.8 Å². The van der Waals surface area contributed by atoms with Gasteiger partial charge in [-0.05, 0) is 50.5 Å². The van der Waals surface area contributed by atoms with Crippen molar-refractivity contribution in [3.8, 4) is 5.75 Å². The first-order valence-corrected chi connectivity index (χ1v) is 7.73. The van der Waals surface area contributed by atoms with Gasteiger partial charge >= 0.3 is 0 Å². The summed E-state index contributed by atoms with van der Waals surface area (Å²) in [7, 11) is 0. The molecule has 0 radical (unpaired) electrons. The first kappa shape index (κ1) is 16.1. The zero-order valence-corrected chi connectivity index (χ0v) is 13.2. The van der Waals surface area contributed by atoms with Crippen LogP contribution < -0.4 is 10.1 Å². The van der Waals surface area contributed by atoms with Crippen LogP contribution in [0.5, 0.6) is 5.75 Å². The molecule has 1 aromatic carbocycles. The summed E-state index contributed by atoms with van der Waals surface area (Å²) in [5, 5.41) is 12.9. The first-order chi connectivity index (χ1) is 10.0. The normalized spacial score (nSPS) is 22.9. The number of carbonyl (C=O) groups excluding carboxylic acids is 1. The van der Waals surface area contributed by atoms with E-state index in [1.807, 2.05) is 6.92 Å². The average Bonchev–Trinajstić information content (AvgIpc) is 2.89. The summed E-state index contributed by atoms with van der Waals surface area (Å²) in [6.45, 7) is 3.74. The summed E-state index contributed by atoms with van der Waals surface area (Å²) in [5.74, 6) is 0.681. The van der Waals surface area contributed by atoms with Crippen molar-refractivity contribution >= 4 is 17.5 Å². The maximum atomic E-state index is 12.2. The fraction of sp³-hybridized carbons (Fsp3) is 0.562. The second-order valence-electron chi connectivity index (χ2n) is 5.66. The highest BCUT2D eigenvalue weighted by atomic mass is 35.5. The van der Waals surface area contributed by atoms with Crippen molar-refractivity contribution in [1.82, 2.24) is 5.32 Å². The molecular formula is C16H22ClNO3. The Balaban J connectivity index is 1.93. The fourth-order valence-electron chi connectivity index (χ4n) is 2.73. The molecule has 1 amide bonds. The molecule has 0 aliphatic heterocycles. The zero-order valence-electron chi connectivity index (χ0n) is 12.4. The number of amides is 1. The number of carbonyl (C=O) groups is 1. The lowest BCUT2D eigenvalue weighted by atomic mass is 10.0. The fourth-order valence-corrected chi connectivity index (χ4v) is 2.96. The molecule has 5 heteroatoms. The van der Waals surface area contributed by atoms with Crippen molar-refractivity contribution in [2.45, 2.75) is 45.3 Å². The van der Waals surface area contributed by atoms with E-state index < -0.39 is 6.10 Å². The number of aryl methyl sites for hydroxylation is 1. The molecule has 4 nitrogen and oxygen atoms in total. The van der Waals surface area contributed by atoms with E-state index in [9.17, 15) is 9.90 Å². The smallest absolute Gasteiger partial charge is 0.261 e. The highest BCUT2D eigenvalue weighted by Gasteiger charge is 2.29. The van der Waals surface area contributed by atoms with Crippen molar-refractivity contribution in [2.75, 3.05) is 6.61 Å². The Labute approximate surface area is 130 Å². The number of rotatable bonds is 5. The lowest BCUT2D eigenvalue weighted by Gasteiger charge is -2.22. The van der Waals surface area contributed by atoms with E-state index in [4.69, 9.17) is 16.3 Å². The van der Waals surface area contributed by atoms with Gasteiger partial charge in [0.2, 0.25) is 0 Å². The Morgan fingerprint density at radius 3 is 2.95 bits per heavy atom. The molecule has 1 aliphatic carbocycles. The van der Waals surface area contributed by atoms with Gasteiger partial charge in [-0.3, -0.25) is 4.79 Å². The second kappa shape index (κ2) is 7.14. The molecule has 1 aliphatic rings. The van der Waals surface area contributed by atoms with Gasteiger partial charge < -0.3 is 15.2 Å². The maximum absolute atomic E-state index is 12.2. The molecule has 3 atom stereocenters. The Hall–Kier alpha value is -1.26. The number of hydrogen-bond acceptors (Lipinski definition) is 3. The molecule has 0 heterocycles. The van der Waals surface area contributed by atoms with E-state index in [1.165, 1.54) is 0 Å². The predicted molar refractivity (Wildman–Crippen MR) is 82.6 cm³/mol. The standard InChI is InChI=1S/C16H22ClNO3/c1-10-8-13(17)6-7-15(10)21-11(2)16(20)18-14-5-3-4-12(14)9-19/h6-8,11-12,14,19H,3-5,9H2,1-2H3,(H,18,20). The van der Waals surface area contributed by atoms with Crippen LogP contribution in [0.1, 0.15) is 31.7 Å². The summed E-state index contributed by atoms with van der Waals surface area (Å²) >= 11 is 5.90. The lowest BCUT2D eigenvalue weighted by molar-refractivity contribution is -0.128. The van der Waals surface area contributed by atoms with E-state index in [1.54, 1.807) is 25.1 Å². The molecule has 2 N–H and O–H groups in total. The van der Waals surface area contributed by atoms with E-state index in [-0.39, 0.29) is 24.5 Å². The minimum Gasteiger partial charge on any atom is -0.481 e. The first-order valence-electron chi connectivity index (χ1n) is 7.35. The van der Waals surface area contributed by atoms with E-state index >= 15 is 0 Å². The molecular weight excluding hydrogens is 290 g/mol. The maximum Gasteiger partial charge on any atom is 0.261 e. The number of benzene rings is 1. The van der Waals surface area contributed by atoms with Gasteiger partial charge in [0.05, 0.1) is 0 Å². The van der Waals surface area contributed by atoms with E-state index in [2.05, 4.69) is 5.32 Å². The van der Waals surface area contributed by atoms with Gasteiger partial charge in [-0.15, -0.1) is 0 Å². The van der Waals surface area contributed by atoms with Crippen LogP contribution in [0.15, 0.2) is 18.2 Å². The zero-order chi connectivity index (χ0) is 15.4. The Bertz CT molecular complexity index is 506. The van der Waals surface area contributed by atoms with Gasteiger partial charge in [0.25, 0.3) is 5.91 Å². The van der Waals surface area contributed by atoms with Crippen LogP contribution >= 0.6 is 11.6 Å². The second-order valence-corrected chi connectivity index (χ2v) is 6.09.